The van der Waals surface area contributed by atoms with Crippen LogP contribution in [0.3, 0.4) is 0 Å². The summed E-state index contributed by atoms with van der Waals surface area (Å²) in [6.07, 6.45) is -4.70. The number of nitrogens with zero attached hydrogens (tertiary/aromatic N) is 2. The Morgan fingerprint density at radius 1 is 0.973 bits per heavy atom. The van der Waals surface area contributed by atoms with Crippen molar-refractivity contribution in [3.63, 3.8) is 0 Å². The maximum Gasteiger partial charge on any atom is 0.469 e. The molecule has 1 N–H and O–H groups in total. The van der Waals surface area contributed by atoms with Gasteiger partial charge in [0.05, 0.1) is 17.8 Å². The molecular formula is C25H16F5N3O4. The molecule has 0 saturated carbocycles. The third-order valence-electron chi connectivity index (χ3n) is 6.24. The fraction of sp³-hybridized carbons (Fsp3) is 0.200. The third kappa shape index (κ3) is 3.79. The second kappa shape index (κ2) is 8.08. The van der Waals surface area contributed by atoms with Crippen molar-refractivity contribution in [1.29, 1.82) is 0 Å². The van der Waals surface area contributed by atoms with E-state index in [1.54, 1.807) is 24.3 Å². The average Bonchev–Trinajstić information content (AvgIpc) is 3.55. The smallest absolute Gasteiger partial charge is 0.454 e. The maximum atomic E-state index is 14.1. The Morgan fingerprint density at radius 3 is 2.57 bits per heavy atom. The van der Waals surface area contributed by atoms with Crippen molar-refractivity contribution >= 4 is 17.4 Å². The lowest BCUT2D eigenvalue weighted by atomic mass is 9.90. The molecule has 0 radical (unpaired) electrons. The summed E-state index contributed by atoms with van der Waals surface area (Å²) in [6.45, 7) is 0.0608. The van der Waals surface area contributed by atoms with Crippen molar-refractivity contribution < 1.29 is 41.0 Å². The topological polar surface area (TPSA) is 72.4 Å². The van der Waals surface area contributed by atoms with Crippen molar-refractivity contribution in [3.8, 4) is 17.2 Å². The lowest BCUT2D eigenvalue weighted by Gasteiger charge is -2.17. The van der Waals surface area contributed by atoms with E-state index in [4.69, 9.17) is 9.47 Å². The molecule has 0 aliphatic carbocycles. The number of benzene rings is 3. The second-order valence-electron chi connectivity index (χ2n) is 8.58. The van der Waals surface area contributed by atoms with Gasteiger partial charge >= 0.3 is 18.1 Å². The summed E-state index contributed by atoms with van der Waals surface area (Å²) in [5, 5.41) is 7.88. The van der Waals surface area contributed by atoms with E-state index >= 15 is 0 Å². The van der Waals surface area contributed by atoms with Crippen LogP contribution in [0.1, 0.15) is 22.6 Å². The SMILES string of the molecule is O=C(Nc1ccc2c(c1)C(F)(F)C(F)(F)O2)N1CC(c2cccc(F)c2)C(c2ccc3c(c2)OCO3)=N1. The van der Waals surface area contributed by atoms with E-state index in [9.17, 15) is 26.7 Å². The standard InChI is InChI=1S/C25H16F5N3O4/c26-15-3-1-2-13(8-15)17-11-33(32-22(17)14-4-6-20-21(9-14)36-12-35-20)23(34)31-16-5-7-19-18(10-16)24(27,28)25(29,30)37-19/h1-10,17H,11-12H2,(H,31,34). The molecule has 3 heterocycles. The fourth-order valence-corrected chi connectivity index (χ4v) is 4.42. The van der Waals surface area contributed by atoms with Crippen LogP contribution in [0, 0.1) is 5.82 Å². The zero-order valence-corrected chi connectivity index (χ0v) is 18.7. The van der Waals surface area contributed by atoms with Crippen LogP contribution in [0.2, 0.25) is 0 Å². The van der Waals surface area contributed by atoms with Gasteiger partial charge in [-0.2, -0.15) is 22.7 Å². The normalized spacial score (nSPS) is 20.3. The first-order valence-corrected chi connectivity index (χ1v) is 11.0. The van der Waals surface area contributed by atoms with Crippen molar-refractivity contribution in [3.05, 3.63) is 83.2 Å². The number of hydrogen-bond acceptors (Lipinski definition) is 5. The van der Waals surface area contributed by atoms with Crippen LogP contribution in [0.15, 0.2) is 65.8 Å². The first-order valence-electron chi connectivity index (χ1n) is 11.0. The van der Waals surface area contributed by atoms with Gasteiger partial charge in [0.2, 0.25) is 6.79 Å². The molecule has 0 aromatic heterocycles. The first kappa shape index (κ1) is 23.1. The molecule has 0 fully saturated rings. The van der Waals surface area contributed by atoms with Crippen LogP contribution in [0.25, 0.3) is 0 Å². The Bertz CT molecular complexity index is 1460. The van der Waals surface area contributed by atoms with E-state index in [0.717, 1.165) is 23.2 Å². The molecule has 0 spiro atoms. The van der Waals surface area contributed by atoms with Crippen LogP contribution in [0.4, 0.5) is 32.4 Å². The lowest BCUT2D eigenvalue weighted by Crippen LogP contribution is -2.37. The number of anilines is 1. The van der Waals surface area contributed by atoms with Gasteiger partial charge in [0.15, 0.2) is 11.5 Å². The fourth-order valence-electron chi connectivity index (χ4n) is 4.42. The zero-order chi connectivity index (χ0) is 25.9. The molecule has 3 aromatic carbocycles. The molecule has 3 aliphatic rings. The number of fused-ring (bicyclic) bond motifs is 2. The van der Waals surface area contributed by atoms with Crippen molar-refractivity contribution in [2.75, 3.05) is 18.7 Å². The molecule has 3 aromatic rings. The van der Waals surface area contributed by atoms with E-state index in [2.05, 4.69) is 15.2 Å². The Balaban J connectivity index is 1.30. The van der Waals surface area contributed by atoms with Gasteiger partial charge in [0.1, 0.15) is 11.6 Å². The van der Waals surface area contributed by atoms with Crippen molar-refractivity contribution in [2.24, 2.45) is 5.10 Å². The van der Waals surface area contributed by atoms with Gasteiger partial charge in [-0.1, -0.05) is 12.1 Å². The summed E-state index contributed by atoms with van der Waals surface area (Å²) in [5.74, 6) is -5.21. The van der Waals surface area contributed by atoms with Crippen LogP contribution in [-0.2, 0) is 5.92 Å². The molecule has 37 heavy (non-hydrogen) atoms. The van der Waals surface area contributed by atoms with Gasteiger partial charge in [-0.15, -0.1) is 0 Å². The molecule has 1 unspecified atom stereocenters. The molecule has 0 saturated heterocycles. The number of nitrogens with one attached hydrogen (secondary N) is 1. The number of halogens is 5. The number of rotatable bonds is 3. The lowest BCUT2D eigenvalue weighted by molar-refractivity contribution is -0.296. The number of carbonyl (C=O) groups excluding carboxylic acids is 1. The quantitative estimate of drug-likeness (QED) is 0.455. The second-order valence-corrected chi connectivity index (χ2v) is 8.58. The molecule has 7 nitrogen and oxygen atoms in total. The molecular weight excluding hydrogens is 501 g/mol. The highest BCUT2D eigenvalue weighted by atomic mass is 19.3. The van der Waals surface area contributed by atoms with Crippen LogP contribution in [0.5, 0.6) is 17.2 Å². The van der Waals surface area contributed by atoms with E-state index in [1.165, 1.54) is 18.2 Å². The van der Waals surface area contributed by atoms with Gasteiger partial charge in [-0.25, -0.2) is 14.2 Å². The van der Waals surface area contributed by atoms with Gasteiger partial charge < -0.3 is 19.5 Å². The predicted octanol–water partition coefficient (Wildman–Crippen LogP) is 5.67. The third-order valence-corrected chi connectivity index (χ3v) is 6.24. The van der Waals surface area contributed by atoms with Gasteiger partial charge in [-0.05, 0) is 54.1 Å². The molecule has 2 amide bonds. The maximum absolute atomic E-state index is 14.1. The van der Waals surface area contributed by atoms with E-state index < -0.39 is 41.1 Å². The number of hydrogen-bond donors (Lipinski definition) is 1. The molecule has 0 bridgehead atoms. The average molecular weight is 517 g/mol. The summed E-state index contributed by atoms with van der Waals surface area (Å²) in [5.41, 5.74) is 0.402. The van der Waals surface area contributed by atoms with Crippen LogP contribution in [-0.4, -0.2) is 36.2 Å². The minimum Gasteiger partial charge on any atom is -0.454 e. The summed E-state index contributed by atoms with van der Waals surface area (Å²) in [6, 6.07) is 13.0. The number of carbonyl (C=O) groups is 1. The van der Waals surface area contributed by atoms with Crippen LogP contribution < -0.4 is 19.5 Å². The minimum absolute atomic E-state index is 0.00133. The monoisotopic (exact) mass is 517 g/mol. The number of urea groups is 1. The van der Waals surface area contributed by atoms with Gasteiger partial charge in [0, 0.05) is 17.2 Å². The largest absolute Gasteiger partial charge is 0.469 e. The highest BCUT2D eigenvalue weighted by Crippen LogP contribution is 2.53. The number of hydrazone groups is 1. The van der Waals surface area contributed by atoms with Crippen molar-refractivity contribution in [1.82, 2.24) is 5.01 Å². The number of ether oxygens (including phenoxy) is 3. The molecule has 3 aliphatic heterocycles. The predicted molar refractivity (Wildman–Crippen MR) is 120 cm³/mol. The first-order chi connectivity index (χ1) is 17.6. The van der Waals surface area contributed by atoms with Crippen LogP contribution >= 0.6 is 0 Å². The van der Waals surface area contributed by atoms with Gasteiger partial charge in [-0.3, -0.25) is 0 Å². The Morgan fingerprint density at radius 2 is 1.76 bits per heavy atom. The van der Waals surface area contributed by atoms with E-state index in [1.807, 2.05) is 0 Å². The van der Waals surface area contributed by atoms with Crippen molar-refractivity contribution in [2.45, 2.75) is 17.9 Å². The summed E-state index contributed by atoms with van der Waals surface area (Å²) in [4.78, 5) is 13.0. The highest BCUT2D eigenvalue weighted by molar-refractivity contribution is 6.08. The van der Waals surface area contributed by atoms with E-state index in [0.29, 0.717) is 28.3 Å². The van der Waals surface area contributed by atoms with Gasteiger partial charge in [0.25, 0.3) is 0 Å². The summed E-state index contributed by atoms with van der Waals surface area (Å²) < 4.78 is 84.1. The molecule has 6 rings (SSSR count). The molecule has 1 atom stereocenters. The number of alkyl halides is 4. The molecule has 12 heteroatoms. The molecule has 190 valence electrons. The van der Waals surface area contributed by atoms with E-state index in [-0.39, 0.29) is 19.0 Å². The Labute approximate surface area is 206 Å². The summed E-state index contributed by atoms with van der Waals surface area (Å²) >= 11 is 0. The zero-order valence-electron chi connectivity index (χ0n) is 18.7. The highest BCUT2D eigenvalue weighted by Gasteiger charge is 2.66. The Kier molecular flexibility index (Phi) is 5.04. The number of amides is 2. The summed E-state index contributed by atoms with van der Waals surface area (Å²) in [7, 11) is 0. The minimum atomic E-state index is -4.70. The Hall–Kier alpha value is -4.35.